The summed E-state index contributed by atoms with van der Waals surface area (Å²) in [6.45, 7) is 1.73. The quantitative estimate of drug-likeness (QED) is 0.812. The zero-order chi connectivity index (χ0) is 11.5. The van der Waals surface area contributed by atoms with Crippen molar-refractivity contribution in [2.45, 2.75) is 6.92 Å². The van der Waals surface area contributed by atoms with E-state index in [1.807, 2.05) is 0 Å². The molecule has 16 heavy (non-hydrogen) atoms. The Hall–Kier alpha value is -2.17. The lowest BCUT2D eigenvalue weighted by Gasteiger charge is -2.04. The Morgan fingerprint density at radius 3 is 2.81 bits per heavy atom. The summed E-state index contributed by atoms with van der Waals surface area (Å²) in [6, 6.07) is 5.99. The molecule has 1 aromatic carbocycles. The van der Waals surface area contributed by atoms with Crippen LogP contribution in [-0.2, 0) is 0 Å². The van der Waals surface area contributed by atoms with E-state index in [1.54, 1.807) is 19.1 Å². The second-order valence-electron chi connectivity index (χ2n) is 3.31. The van der Waals surface area contributed by atoms with Gasteiger partial charge in [0.2, 0.25) is 0 Å². The normalized spacial score (nSPS) is 10.1. The molecule has 0 atom stereocenters. The van der Waals surface area contributed by atoms with Crippen molar-refractivity contribution >= 4 is 11.6 Å². The molecular weight excluding hydrogens is 209 g/mol. The van der Waals surface area contributed by atoms with E-state index in [0.717, 1.165) is 0 Å². The second kappa shape index (κ2) is 4.14. The number of imidazole rings is 1. The highest BCUT2D eigenvalue weighted by molar-refractivity contribution is 6.03. The fourth-order valence-corrected chi connectivity index (χ4v) is 1.33. The van der Waals surface area contributed by atoms with Gasteiger partial charge < -0.3 is 10.3 Å². The number of H-pyrrole nitrogens is 1. The lowest BCUT2D eigenvalue weighted by Crippen LogP contribution is -2.14. The average molecular weight is 219 g/mol. The smallest absolute Gasteiger partial charge is 0.276 e. The highest BCUT2D eigenvalue weighted by atomic mass is 19.1. The largest absolute Gasteiger partial charge is 0.348 e. The van der Waals surface area contributed by atoms with E-state index in [0.29, 0.717) is 5.69 Å². The Kier molecular flexibility index (Phi) is 2.68. The van der Waals surface area contributed by atoms with Crippen LogP contribution < -0.4 is 5.32 Å². The van der Waals surface area contributed by atoms with Gasteiger partial charge in [0.15, 0.2) is 0 Å². The van der Waals surface area contributed by atoms with Gasteiger partial charge in [-0.25, -0.2) is 9.37 Å². The third-order valence-corrected chi connectivity index (χ3v) is 2.17. The number of hydrogen-bond acceptors (Lipinski definition) is 2. The Labute approximate surface area is 91.5 Å². The topological polar surface area (TPSA) is 57.8 Å². The van der Waals surface area contributed by atoms with Crippen molar-refractivity contribution in [1.29, 1.82) is 0 Å². The fourth-order valence-electron chi connectivity index (χ4n) is 1.33. The number of benzene rings is 1. The van der Waals surface area contributed by atoms with E-state index in [2.05, 4.69) is 15.3 Å². The van der Waals surface area contributed by atoms with Gasteiger partial charge in [-0.3, -0.25) is 4.79 Å². The molecule has 0 saturated heterocycles. The summed E-state index contributed by atoms with van der Waals surface area (Å²) in [7, 11) is 0. The average Bonchev–Trinajstić information content (AvgIpc) is 2.68. The molecule has 0 unspecified atom stereocenters. The van der Waals surface area contributed by atoms with Crippen molar-refractivity contribution < 1.29 is 9.18 Å². The van der Waals surface area contributed by atoms with Crippen LogP contribution in [0.3, 0.4) is 0 Å². The van der Waals surface area contributed by atoms with Crippen LogP contribution in [0.4, 0.5) is 10.1 Å². The standard InChI is InChI=1S/C11H10FN3O/c1-7-10(14-6-13-7)11(16)15-9-5-3-2-4-8(9)12/h2-6H,1H3,(H,13,14)(H,15,16). The molecule has 5 heteroatoms. The van der Waals surface area contributed by atoms with Gasteiger partial charge in [0.25, 0.3) is 5.91 Å². The lowest BCUT2D eigenvalue weighted by atomic mass is 10.3. The predicted molar refractivity (Wildman–Crippen MR) is 57.7 cm³/mol. The maximum atomic E-state index is 13.2. The minimum Gasteiger partial charge on any atom is -0.348 e. The van der Waals surface area contributed by atoms with Gasteiger partial charge in [-0.05, 0) is 19.1 Å². The van der Waals surface area contributed by atoms with Crippen LogP contribution in [0.1, 0.15) is 16.2 Å². The van der Waals surface area contributed by atoms with Gasteiger partial charge >= 0.3 is 0 Å². The molecule has 0 fully saturated rings. The van der Waals surface area contributed by atoms with Crippen LogP contribution in [-0.4, -0.2) is 15.9 Å². The summed E-state index contributed by atoms with van der Waals surface area (Å²) >= 11 is 0. The van der Waals surface area contributed by atoms with E-state index in [4.69, 9.17) is 0 Å². The highest BCUT2D eigenvalue weighted by Gasteiger charge is 2.13. The number of hydrogen-bond donors (Lipinski definition) is 2. The van der Waals surface area contributed by atoms with Crippen molar-refractivity contribution in [2.75, 3.05) is 5.32 Å². The number of carbonyl (C=O) groups excluding carboxylic acids is 1. The number of carbonyl (C=O) groups is 1. The number of rotatable bonds is 2. The zero-order valence-corrected chi connectivity index (χ0v) is 8.62. The van der Waals surface area contributed by atoms with E-state index in [1.165, 1.54) is 18.5 Å². The molecule has 0 radical (unpaired) electrons. The first-order valence-electron chi connectivity index (χ1n) is 4.74. The summed E-state index contributed by atoms with van der Waals surface area (Å²) in [5.41, 5.74) is 1.06. The molecule has 1 amide bonds. The number of aromatic nitrogens is 2. The molecule has 0 aliphatic carbocycles. The van der Waals surface area contributed by atoms with Gasteiger partial charge in [-0.2, -0.15) is 0 Å². The van der Waals surface area contributed by atoms with Crippen molar-refractivity contribution in [3.05, 3.63) is 47.8 Å². The Balaban J connectivity index is 2.21. The van der Waals surface area contributed by atoms with Crippen LogP contribution in [0.25, 0.3) is 0 Å². The molecule has 0 aliphatic rings. The Morgan fingerprint density at radius 2 is 2.19 bits per heavy atom. The minimum absolute atomic E-state index is 0.148. The molecule has 82 valence electrons. The van der Waals surface area contributed by atoms with E-state index < -0.39 is 11.7 Å². The van der Waals surface area contributed by atoms with Crippen LogP contribution in [0, 0.1) is 12.7 Å². The van der Waals surface area contributed by atoms with E-state index in [-0.39, 0.29) is 11.4 Å². The molecule has 1 aromatic heterocycles. The number of halogens is 1. The minimum atomic E-state index is -0.468. The summed E-state index contributed by atoms with van der Waals surface area (Å²) in [4.78, 5) is 18.3. The number of nitrogens with zero attached hydrogens (tertiary/aromatic N) is 1. The molecule has 0 spiro atoms. The fraction of sp³-hybridized carbons (Fsp3) is 0.0909. The zero-order valence-electron chi connectivity index (χ0n) is 8.62. The molecule has 2 aromatic rings. The molecule has 2 N–H and O–H groups in total. The summed E-state index contributed by atoms with van der Waals surface area (Å²) in [5.74, 6) is -0.895. The number of anilines is 1. The molecule has 0 aliphatic heterocycles. The highest BCUT2D eigenvalue weighted by Crippen LogP contribution is 2.13. The molecule has 1 heterocycles. The van der Waals surface area contributed by atoms with Gasteiger partial charge in [0.05, 0.1) is 12.0 Å². The third-order valence-electron chi connectivity index (χ3n) is 2.17. The van der Waals surface area contributed by atoms with E-state index >= 15 is 0 Å². The van der Waals surface area contributed by atoms with Crippen molar-refractivity contribution in [3.8, 4) is 0 Å². The van der Waals surface area contributed by atoms with Gasteiger partial charge in [-0.1, -0.05) is 12.1 Å². The van der Waals surface area contributed by atoms with Gasteiger partial charge in [-0.15, -0.1) is 0 Å². The molecule has 0 bridgehead atoms. The predicted octanol–water partition coefficient (Wildman–Crippen LogP) is 2.11. The van der Waals surface area contributed by atoms with Crippen molar-refractivity contribution in [3.63, 3.8) is 0 Å². The first kappa shape index (κ1) is 10.4. The maximum absolute atomic E-state index is 13.2. The number of amides is 1. The van der Waals surface area contributed by atoms with Crippen LogP contribution in [0.15, 0.2) is 30.6 Å². The summed E-state index contributed by atoms with van der Waals surface area (Å²) < 4.78 is 13.2. The number of nitrogens with one attached hydrogen (secondary N) is 2. The Morgan fingerprint density at radius 1 is 1.44 bits per heavy atom. The van der Waals surface area contributed by atoms with Crippen LogP contribution >= 0.6 is 0 Å². The first-order valence-corrected chi connectivity index (χ1v) is 4.74. The van der Waals surface area contributed by atoms with Crippen molar-refractivity contribution in [1.82, 2.24) is 9.97 Å². The van der Waals surface area contributed by atoms with Gasteiger partial charge in [0.1, 0.15) is 11.5 Å². The molecule has 4 nitrogen and oxygen atoms in total. The molecular formula is C11H10FN3O. The second-order valence-corrected chi connectivity index (χ2v) is 3.31. The third kappa shape index (κ3) is 1.93. The van der Waals surface area contributed by atoms with Crippen LogP contribution in [0.2, 0.25) is 0 Å². The Bertz CT molecular complexity index is 521. The monoisotopic (exact) mass is 219 g/mol. The maximum Gasteiger partial charge on any atom is 0.276 e. The SMILES string of the molecule is Cc1[nH]cnc1C(=O)Nc1ccccc1F. The summed E-state index contributed by atoms with van der Waals surface area (Å²) in [6.07, 6.45) is 1.42. The number of aromatic amines is 1. The number of aryl methyl sites for hydroxylation is 1. The molecule has 0 saturated carbocycles. The lowest BCUT2D eigenvalue weighted by molar-refractivity contribution is 0.102. The molecule has 2 rings (SSSR count). The van der Waals surface area contributed by atoms with Gasteiger partial charge in [0, 0.05) is 5.69 Å². The van der Waals surface area contributed by atoms with E-state index in [9.17, 15) is 9.18 Å². The summed E-state index contributed by atoms with van der Waals surface area (Å²) in [5, 5.41) is 2.46. The van der Waals surface area contributed by atoms with Crippen LogP contribution in [0.5, 0.6) is 0 Å². The first-order chi connectivity index (χ1) is 7.68. The number of para-hydroxylation sites is 1. The van der Waals surface area contributed by atoms with Crippen molar-refractivity contribution in [2.24, 2.45) is 0 Å².